The van der Waals surface area contributed by atoms with Crippen LogP contribution < -0.4 is 5.73 Å². The Hall–Kier alpha value is -1.84. The number of pyridine rings is 1. The van der Waals surface area contributed by atoms with E-state index in [0.29, 0.717) is 5.82 Å². The molecule has 0 amide bonds. The van der Waals surface area contributed by atoms with Crippen LogP contribution in [-0.2, 0) is 12.8 Å². The SMILES string of the molecule is Nc1cc(CCc2ccncc2)n[nH]1. The summed E-state index contributed by atoms with van der Waals surface area (Å²) in [6.45, 7) is 0. The second-order valence-electron chi connectivity index (χ2n) is 3.17. The molecule has 0 radical (unpaired) electrons. The van der Waals surface area contributed by atoms with Crippen molar-refractivity contribution in [2.75, 3.05) is 5.73 Å². The predicted octanol–water partition coefficient (Wildman–Crippen LogP) is 1.17. The lowest BCUT2D eigenvalue weighted by atomic mass is 10.1. The molecular weight excluding hydrogens is 176 g/mol. The lowest BCUT2D eigenvalue weighted by molar-refractivity contribution is 0.891. The number of hydrogen-bond acceptors (Lipinski definition) is 3. The van der Waals surface area contributed by atoms with Gasteiger partial charge in [0.15, 0.2) is 0 Å². The number of anilines is 1. The van der Waals surface area contributed by atoms with Crippen LogP contribution in [0.3, 0.4) is 0 Å². The number of nitrogen functional groups attached to an aromatic ring is 1. The topological polar surface area (TPSA) is 67.6 Å². The van der Waals surface area contributed by atoms with Crippen molar-refractivity contribution in [3.05, 3.63) is 41.9 Å². The minimum atomic E-state index is 0.620. The molecular formula is C10H12N4. The molecule has 2 aromatic rings. The van der Waals surface area contributed by atoms with Gasteiger partial charge >= 0.3 is 0 Å². The molecule has 0 saturated carbocycles. The van der Waals surface area contributed by atoms with Gasteiger partial charge in [-0.3, -0.25) is 10.1 Å². The van der Waals surface area contributed by atoms with E-state index in [0.717, 1.165) is 18.5 Å². The zero-order valence-corrected chi connectivity index (χ0v) is 7.77. The van der Waals surface area contributed by atoms with Crippen LogP contribution in [0.5, 0.6) is 0 Å². The Morgan fingerprint density at radius 3 is 2.64 bits per heavy atom. The van der Waals surface area contributed by atoms with Gasteiger partial charge in [-0.1, -0.05) is 0 Å². The lowest BCUT2D eigenvalue weighted by Gasteiger charge is -1.96. The summed E-state index contributed by atoms with van der Waals surface area (Å²) in [6, 6.07) is 5.88. The molecule has 0 aliphatic rings. The van der Waals surface area contributed by atoms with E-state index in [4.69, 9.17) is 5.73 Å². The van der Waals surface area contributed by atoms with E-state index in [1.54, 1.807) is 12.4 Å². The summed E-state index contributed by atoms with van der Waals surface area (Å²) < 4.78 is 0. The number of rotatable bonds is 3. The first-order valence-electron chi connectivity index (χ1n) is 4.53. The minimum absolute atomic E-state index is 0.620. The summed E-state index contributed by atoms with van der Waals surface area (Å²) >= 11 is 0. The molecule has 2 heterocycles. The zero-order valence-electron chi connectivity index (χ0n) is 7.77. The monoisotopic (exact) mass is 188 g/mol. The first-order chi connectivity index (χ1) is 6.84. The van der Waals surface area contributed by atoms with Crippen LogP contribution in [0.4, 0.5) is 5.82 Å². The molecule has 0 aliphatic carbocycles. The molecule has 4 heteroatoms. The van der Waals surface area contributed by atoms with Gasteiger partial charge in [0.05, 0.1) is 5.69 Å². The maximum atomic E-state index is 5.52. The minimum Gasteiger partial charge on any atom is -0.384 e. The number of aromatic nitrogens is 3. The van der Waals surface area contributed by atoms with E-state index in [1.807, 2.05) is 18.2 Å². The number of nitrogens with two attached hydrogens (primary N) is 1. The fourth-order valence-electron chi connectivity index (χ4n) is 1.33. The van der Waals surface area contributed by atoms with Gasteiger partial charge in [0.25, 0.3) is 0 Å². The number of aryl methyl sites for hydroxylation is 2. The Bertz CT molecular complexity index is 394. The second-order valence-corrected chi connectivity index (χ2v) is 3.17. The molecule has 0 bridgehead atoms. The average Bonchev–Trinajstić information content (AvgIpc) is 2.63. The highest BCUT2D eigenvalue weighted by molar-refractivity contribution is 5.28. The van der Waals surface area contributed by atoms with E-state index >= 15 is 0 Å². The molecule has 3 N–H and O–H groups in total. The maximum absolute atomic E-state index is 5.52. The Morgan fingerprint density at radius 1 is 1.21 bits per heavy atom. The Labute approximate surface area is 82.2 Å². The van der Waals surface area contributed by atoms with Crippen molar-refractivity contribution in [2.24, 2.45) is 0 Å². The maximum Gasteiger partial charge on any atom is 0.119 e. The van der Waals surface area contributed by atoms with Crippen LogP contribution in [0.2, 0.25) is 0 Å². The van der Waals surface area contributed by atoms with Gasteiger partial charge in [-0.25, -0.2) is 0 Å². The summed E-state index contributed by atoms with van der Waals surface area (Å²) in [5.41, 5.74) is 7.78. The van der Waals surface area contributed by atoms with Crippen molar-refractivity contribution in [3.8, 4) is 0 Å². The molecule has 72 valence electrons. The number of nitrogens with one attached hydrogen (secondary N) is 1. The van der Waals surface area contributed by atoms with Crippen LogP contribution in [0.1, 0.15) is 11.3 Å². The molecule has 14 heavy (non-hydrogen) atoms. The molecule has 0 aliphatic heterocycles. The predicted molar refractivity (Wildman–Crippen MR) is 54.6 cm³/mol. The molecule has 4 nitrogen and oxygen atoms in total. The van der Waals surface area contributed by atoms with E-state index in [2.05, 4.69) is 15.2 Å². The van der Waals surface area contributed by atoms with Crippen molar-refractivity contribution in [3.63, 3.8) is 0 Å². The Kier molecular flexibility index (Phi) is 2.44. The van der Waals surface area contributed by atoms with Gasteiger partial charge in [-0.05, 0) is 30.5 Å². The van der Waals surface area contributed by atoms with Gasteiger partial charge in [0.1, 0.15) is 5.82 Å². The van der Waals surface area contributed by atoms with Gasteiger partial charge in [-0.15, -0.1) is 0 Å². The van der Waals surface area contributed by atoms with Crippen LogP contribution in [0.25, 0.3) is 0 Å². The molecule has 2 rings (SSSR count). The number of H-pyrrole nitrogens is 1. The van der Waals surface area contributed by atoms with E-state index < -0.39 is 0 Å². The first kappa shape index (κ1) is 8.74. The third-order valence-electron chi connectivity index (χ3n) is 2.07. The van der Waals surface area contributed by atoms with Crippen molar-refractivity contribution < 1.29 is 0 Å². The molecule has 0 aromatic carbocycles. The van der Waals surface area contributed by atoms with Crippen LogP contribution in [0.15, 0.2) is 30.6 Å². The standard InChI is InChI=1S/C10H12N4/c11-10-7-9(13-14-10)2-1-8-3-5-12-6-4-8/h3-7H,1-2H2,(H3,11,13,14). The zero-order chi connectivity index (χ0) is 9.80. The summed E-state index contributed by atoms with van der Waals surface area (Å²) in [5, 5.41) is 6.79. The van der Waals surface area contributed by atoms with Crippen molar-refractivity contribution >= 4 is 5.82 Å². The highest BCUT2D eigenvalue weighted by Crippen LogP contribution is 2.06. The second kappa shape index (κ2) is 3.91. The van der Waals surface area contributed by atoms with Gasteiger partial charge in [0.2, 0.25) is 0 Å². The number of aromatic amines is 1. The van der Waals surface area contributed by atoms with Crippen molar-refractivity contribution in [1.82, 2.24) is 15.2 Å². The van der Waals surface area contributed by atoms with Crippen molar-refractivity contribution in [2.45, 2.75) is 12.8 Å². The Morgan fingerprint density at radius 2 is 2.00 bits per heavy atom. The van der Waals surface area contributed by atoms with Gasteiger partial charge in [0, 0.05) is 18.5 Å². The molecule has 0 fully saturated rings. The fraction of sp³-hybridized carbons (Fsp3) is 0.200. The molecule has 0 spiro atoms. The summed E-state index contributed by atoms with van der Waals surface area (Å²) in [5.74, 6) is 0.620. The van der Waals surface area contributed by atoms with Crippen LogP contribution >= 0.6 is 0 Å². The lowest BCUT2D eigenvalue weighted by Crippen LogP contribution is -1.91. The highest BCUT2D eigenvalue weighted by atomic mass is 15.1. The average molecular weight is 188 g/mol. The van der Waals surface area contributed by atoms with E-state index in [-0.39, 0.29) is 0 Å². The van der Waals surface area contributed by atoms with Gasteiger partial charge < -0.3 is 5.73 Å². The molecule has 0 atom stereocenters. The van der Waals surface area contributed by atoms with Crippen molar-refractivity contribution in [1.29, 1.82) is 0 Å². The molecule has 0 unspecified atom stereocenters. The molecule has 2 aromatic heterocycles. The fourth-order valence-corrected chi connectivity index (χ4v) is 1.33. The summed E-state index contributed by atoms with van der Waals surface area (Å²) in [4.78, 5) is 3.96. The third-order valence-corrected chi connectivity index (χ3v) is 2.07. The summed E-state index contributed by atoms with van der Waals surface area (Å²) in [7, 11) is 0. The van der Waals surface area contributed by atoms with E-state index in [1.165, 1.54) is 5.56 Å². The largest absolute Gasteiger partial charge is 0.384 e. The number of hydrogen-bond donors (Lipinski definition) is 2. The first-order valence-corrected chi connectivity index (χ1v) is 4.53. The van der Waals surface area contributed by atoms with Crippen LogP contribution in [-0.4, -0.2) is 15.2 Å². The third kappa shape index (κ3) is 2.10. The number of nitrogens with zero attached hydrogens (tertiary/aromatic N) is 2. The van der Waals surface area contributed by atoms with E-state index in [9.17, 15) is 0 Å². The normalized spacial score (nSPS) is 10.3. The summed E-state index contributed by atoms with van der Waals surface area (Å²) in [6.07, 6.45) is 5.47. The smallest absolute Gasteiger partial charge is 0.119 e. The molecule has 0 saturated heterocycles. The van der Waals surface area contributed by atoms with Crippen LogP contribution in [0, 0.1) is 0 Å². The Balaban J connectivity index is 1.95. The highest BCUT2D eigenvalue weighted by Gasteiger charge is 1.98. The quantitative estimate of drug-likeness (QED) is 0.759. The van der Waals surface area contributed by atoms with Gasteiger partial charge in [-0.2, -0.15) is 5.10 Å².